The van der Waals surface area contributed by atoms with Crippen molar-refractivity contribution < 1.29 is 8.42 Å². The van der Waals surface area contributed by atoms with E-state index in [9.17, 15) is 8.42 Å². The van der Waals surface area contributed by atoms with Crippen molar-refractivity contribution in [3.05, 3.63) is 48.2 Å². The molecule has 112 valence electrons. The van der Waals surface area contributed by atoms with E-state index in [0.29, 0.717) is 5.69 Å². The number of nitrogens with zero attached hydrogens (tertiary/aromatic N) is 1. The molecular weight excluding hydrogens is 286 g/mol. The van der Waals surface area contributed by atoms with E-state index < -0.39 is 10.0 Å². The summed E-state index contributed by atoms with van der Waals surface area (Å²) in [5.41, 5.74) is 7.19. The number of unbranched alkanes of at least 4 members (excludes halogenated alkanes) is 1. The fourth-order valence-corrected chi connectivity index (χ4v) is 2.89. The first-order chi connectivity index (χ1) is 10.0. The Morgan fingerprint density at radius 3 is 2.43 bits per heavy atom. The lowest BCUT2D eigenvalue weighted by Gasteiger charge is -2.08. The number of nitrogen functional groups attached to an aromatic ring is 1. The van der Waals surface area contributed by atoms with E-state index in [2.05, 4.69) is 16.6 Å². The van der Waals surface area contributed by atoms with Gasteiger partial charge in [-0.2, -0.15) is 0 Å². The SMILES string of the molecule is CCCCc1ccc(NS(=O)(=O)c2ccc(N)nc2)cc1. The Morgan fingerprint density at radius 2 is 1.86 bits per heavy atom. The molecule has 21 heavy (non-hydrogen) atoms. The predicted octanol–water partition coefficient (Wildman–Crippen LogP) is 2.81. The van der Waals surface area contributed by atoms with Crippen LogP contribution in [0.5, 0.6) is 0 Å². The highest BCUT2D eigenvalue weighted by atomic mass is 32.2. The number of nitrogens with two attached hydrogens (primary N) is 1. The molecule has 0 fully saturated rings. The van der Waals surface area contributed by atoms with Crippen LogP contribution in [0.1, 0.15) is 25.3 Å². The fourth-order valence-electron chi connectivity index (χ4n) is 1.89. The Kier molecular flexibility index (Phi) is 4.80. The fraction of sp³-hybridized carbons (Fsp3) is 0.267. The van der Waals surface area contributed by atoms with Gasteiger partial charge in [-0.1, -0.05) is 25.5 Å². The molecule has 0 saturated heterocycles. The molecule has 0 amide bonds. The zero-order chi connectivity index (χ0) is 15.3. The summed E-state index contributed by atoms with van der Waals surface area (Å²) in [7, 11) is -3.63. The standard InChI is InChI=1S/C15H19N3O2S/c1-2-3-4-12-5-7-13(8-6-12)18-21(19,20)14-9-10-15(16)17-11-14/h5-11,18H,2-4H2,1H3,(H2,16,17). The number of pyridine rings is 1. The summed E-state index contributed by atoms with van der Waals surface area (Å²) in [6, 6.07) is 10.3. The number of aromatic nitrogens is 1. The van der Waals surface area contributed by atoms with E-state index in [1.54, 1.807) is 12.1 Å². The van der Waals surface area contributed by atoms with E-state index >= 15 is 0 Å². The molecule has 0 atom stereocenters. The van der Waals surface area contributed by atoms with Crippen molar-refractivity contribution in [3.63, 3.8) is 0 Å². The number of hydrogen-bond donors (Lipinski definition) is 2. The van der Waals surface area contributed by atoms with Gasteiger partial charge in [0.05, 0.1) is 0 Å². The van der Waals surface area contributed by atoms with Crippen LogP contribution in [0.25, 0.3) is 0 Å². The normalized spacial score (nSPS) is 11.3. The molecule has 0 bridgehead atoms. The van der Waals surface area contributed by atoms with Crippen LogP contribution in [0.4, 0.5) is 11.5 Å². The lowest BCUT2D eigenvalue weighted by Crippen LogP contribution is -2.13. The molecule has 0 spiro atoms. The molecule has 5 nitrogen and oxygen atoms in total. The van der Waals surface area contributed by atoms with Crippen molar-refractivity contribution in [3.8, 4) is 0 Å². The summed E-state index contributed by atoms with van der Waals surface area (Å²) in [6.07, 6.45) is 4.51. The molecule has 1 aromatic carbocycles. The van der Waals surface area contributed by atoms with Gasteiger partial charge in [0.1, 0.15) is 10.7 Å². The number of anilines is 2. The number of benzene rings is 1. The van der Waals surface area contributed by atoms with Crippen molar-refractivity contribution in [1.29, 1.82) is 0 Å². The van der Waals surface area contributed by atoms with E-state index in [-0.39, 0.29) is 10.7 Å². The van der Waals surface area contributed by atoms with Gasteiger partial charge in [0, 0.05) is 11.9 Å². The Hall–Kier alpha value is -2.08. The number of aryl methyl sites for hydroxylation is 1. The smallest absolute Gasteiger partial charge is 0.263 e. The van der Waals surface area contributed by atoms with Crippen molar-refractivity contribution in [2.75, 3.05) is 10.5 Å². The van der Waals surface area contributed by atoms with Crippen molar-refractivity contribution >= 4 is 21.5 Å². The van der Waals surface area contributed by atoms with Crippen molar-refractivity contribution in [2.45, 2.75) is 31.1 Å². The van der Waals surface area contributed by atoms with Crippen LogP contribution in [0.2, 0.25) is 0 Å². The average molecular weight is 305 g/mol. The number of sulfonamides is 1. The largest absolute Gasteiger partial charge is 0.384 e. The highest BCUT2D eigenvalue weighted by Gasteiger charge is 2.14. The van der Waals surface area contributed by atoms with Gasteiger partial charge in [-0.05, 0) is 42.7 Å². The second-order valence-corrected chi connectivity index (χ2v) is 6.51. The first kappa shape index (κ1) is 15.3. The van der Waals surface area contributed by atoms with Crippen molar-refractivity contribution in [2.24, 2.45) is 0 Å². The summed E-state index contributed by atoms with van der Waals surface area (Å²) >= 11 is 0. The van der Waals surface area contributed by atoms with Gasteiger partial charge < -0.3 is 5.73 Å². The highest BCUT2D eigenvalue weighted by Crippen LogP contribution is 2.17. The van der Waals surface area contributed by atoms with Gasteiger partial charge in [0.25, 0.3) is 10.0 Å². The number of nitrogens with one attached hydrogen (secondary N) is 1. The minimum Gasteiger partial charge on any atom is -0.384 e. The third-order valence-electron chi connectivity index (χ3n) is 3.09. The molecule has 3 N–H and O–H groups in total. The van der Waals surface area contributed by atoms with Crippen LogP contribution in [-0.4, -0.2) is 13.4 Å². The lowest BCUT2D eigenvalue weighted by atomic mass is 10.1. The monoisotopic (exact) mass is 305 g/mol. The molecule has 6 heteroatoms. The van der Waals surface area contributed by atoms with Crippen LogP contribution in [0.3, 0.4) is 0 Å². The third kappa shape index (κ3) is 4.19. The van der Waals surface area contributed by atoms with Gasteiger partial charge in [0.15, 0.2) is 0 Å². The van der Waals surface area contributed by atoms with E-state index in [0.717, 1.165) is 19.3 Å². The molecule has 1 heterocycles. The summed E-state index contributed by atoms with van der Waals surface area (Å²) in [6.45, 7) is 2.14. The molecule has 0 unspecified atom stereocenters. The van der Waals surface area contributed by atoms with Crippen LogP contribution < -0.4 is 10.5 Å². The van der Waals surface area contributed by atoms with Gasteiger partial charge in [-0.3, -0.25) is 4.72 Å². The number of hydrogen-bond acceptors (Lipinski definition) is 4. The molecule has 0 saturated carbocycles. The summed E-state index contributed by atoms with van der Waals surface area (Å²) < 4.78 is 26.9. The molecule has 2 aromatic rings. The molecule has 0 aliphatic rings. The number of rotatable bonds is 6. The average Bonchev–Trinajstić information content (AvgIpc) is 2.47. The Morgan fingerprint density at radius 1 is 1.14 bits per heavy atom. The van der Waals surface area contributed by atoms with Crippen LogP contribution in [0.15, 0.2) is 47.5 Å². The van der Waals surface area contributed by atoms with E-state index in [1.165, 1.54) is 23.9 Å². The van der Waals surface area contributed by atoms with Gasteiger partial charge >= 0.3 is 0 Å². The van der Waals surface area contributed by atoms with Gasteiger partial charge in [-0.25, -0.2) is 13.4 Å². The molecule has 0 radical (unpaired) electrons. The summed E-state index contributed by atoms with van der Waals surface area (Å²) in [5.74, 6) is 0.286. The summed E-state index contributed by atoms with van der Waals surface area (Å²) in [4.78, 5) is 3.88. The van der Waals surface area contributed by atoms with Gasteiger partial charge in [-0.15, -0.1) is 0 Å². The highest BCUT2D eigenvalue weighted by molar-refractivity contribution is 7.92. The van der Waals surface area contributed by atoms with Crippen molar-refractivity contribution in [1.82, 2.24) is 4.98 Å². The third-order valence-corrected chi connectivity index (χ3v) is 4.46. The zero-order valence-corrected chi connectivity index (χ0v) is 12.7. The molecule has 0 aliphatic heterocycles. The van der Waals surface area contributed by atoms with Crippen LogP contribution in [0, 0.1) is 0 Å². The quantitative estimate of drug-likeness (QED) is 0.859. The minimum atomic E-state index is -3.63. The Balaban J connectivity index is 2.11. The first-order valence-electron chi connectivity index (χ1n) is 6.84. The van der Waals surface area contributed by atoms with Gasteiger partial charge in [0.2, 0.25) is 0 Å². The van der Waals surface area contributed by atoms with E-state index in [1.807, 2.05) is 12.1 Å². The maximum Gasteiger partial charge on any atom is 0.263 e. The second-order valence-electron chi connectivity index (χ2n) is 4.82. The molecule has 1 aromatic heterocycles. The Bertz CT molecular complexity index is 680. The minimum absolute atomic E-state index is 0.0896. The maximum absolute atomic E-state index is 12.2. The lowest BCUT2D eigenvalue weighted by molar-refractivity contribution is 0.601. The first-order valence-corrected chi connectivity index (χ1v) is 8.33. The van der Waals surface area contributed by atoms with E-state index in [4.69, 9.17) is 5.73 Å². The van der Waals surface area contributed by atoms with Crippen LogP contribution in [-0.2, 0) is 16.4 Å². The Labute approximate surface area is 125 Å². The molecular formula is C15H19N3O2S. The molecule has 2 rings (SSSR count). The zero-order valence-electron chi connectivity index (χ0n) is 11.9. The van der Waals surface area contributed by atoms with Crippen LogP contribution >= 0.6 is 0 Å². The predicted molar refractivity (Wildman–Crippen MR) is 84.5 cm³/mol. The second kappa shape index (κ2) is 6.58. The summed E-state index contributed by atoms with van der Waals surface area (Å²) in [5, 5.41) is 0. The topological polar surface area (TPSA) is 85.1 Å². The maximum atomic E-state index is 12.2. The molecule has 0 aliphatic carbocycles.